The topological polar surface area (TPSA) is 63.6 Å². The summed E-state index contributed by atoms with van der Waals surface area (Å²) in [7, 11) is 0. The number of benzene rings is 2. The van der Waals surface area contributed by atoms with Crippen LogP contribution in [0.4, 0.5) is 10.1 Å². The van der Waals surface area contributed by atoms with E-state index in [1.807, 2.05) is 36.4 Å². The van der Waals surface area contributed by atoms with Crippen LogP contribution in [0.15, 0.2) is 73.1 Å². The quantitative estimate of drug-likeness (QED) is 0.642. The van der Waals surface area contributed by atoms with Crippen molar-refractivity contribution in [3.63, 3.8) is 0 Å². The molecule has 1 aliphatic heterocycles. The highest BCUT2D eigenvalue weighted by atomic mass is 19.1. The number of halogens is 1. The molecular weight excluding hydrogens is 371 g/mol. The van der Waals surface area contributed by atoms with Gasteiger partial charge in [-0.05, 0) is 72.6 Å². The summed E-state index contributed by atoms with van der Waals surface area (Å²) in [5, 5.41) is 14.0. The van der Waals surface area contributed by atoms with E-state index in [-0.39, 0.29) is 17.8 Å². The summed E-state index contributed by atoms with van der Waals surface area (Å²) < 4.78 is 24.4. The third kappa shape index (κ3) is 4.91. The van der Waals surface area contributed by atoms with Crippen LogP contribution in [-0.2, 0) is 4.74 Å². The third-order valence-electron chi connectivity index (χ3n) is 5.08. The molecule has 4 rings (SSSR count). The van der Waals surface area contributed by atoms with E-state index in [0.29, 0.717) is 31.1 Å². The SMILES string of the molecule is O[C@H]1CCOC[C@H]1[C@H](Nc1ccc(Oc2ccc(F)cc2)cc1)c1ccncc1. The average molecular weight is 394 g/mol. The molecule has 6 heteroatoms. The molecule has 0 radical (unpaired) electrons. The van der Waals surface area contributed by atoms with Gasteiger partial charge in [0.1, 0.15) is 17.3 Å². The Balaban J connectivity index is 1.50. The van der Waals surface area contributed by atoms with Crippen LogP contribution in [-0.4, -0.2) is 29.4 Å². The standard InChI is InChI=1S/C23H23FN2O3/c24-17-1-5-19(6-2-17)29-20-7-3-18(4-8-20)26-23(16-9-12-25-13-10-16)21-15-28-14-11-22(21)27/h1-10,12-13,21-23,26-27H,11,14-15H2/t21-,22+,23-/m1/s1. The zero-order chi connectivity index (χ0) is 20.1. The maximum Gasteiger partial charge on any atom is 0.127 e. The number of nitrogens with one attached hydrogen (secondary N) is 1. The number of rotatable bonds is 6. The van der Waals surface area contributed by atoms with E-state index in [0.717, 1.165) is 11.3 Å². The Morgan fingerprint density at radius 2 is 1.66 bits per heavy atom. The Kier molecular flexibility index (Phi) is 6.03. The Bertz CT molecular complexity index is 904. The minimum Gasteiger partial charge on any atom is -0.457 e. The van der Waals surface area contributed by atoms with E-state index in [1.165, 1.54) is 12.1 Å². The van der Waals surface area contributed by atoms with Gasteiger partial charge in [-0.15, -0.1) is 0 Å². The Morgan fingerprint density at radius 1 is 1.00 bits per heavy atom. The number of pyridine rings is 1. The molecule has 3 aromatic rings. The smallest absolute Gasteiger partial charge is 0.127 e. The lowest BCUT2D eigenvalue weighted by molar-refractivity contribution is -0.0424. The normalized spacial score (nSPS) is 20.1. The molecule has 1 aromatic heterocycles. The molecule has 3 atom stereocenters. The number of anilines is 1. The van der Waals surface area contributed by atoms with E-state index in [2.05, 4.69) is 10.3 Å². The molecule has 1 fully saturated rings. The fraction of sp³-hybridized carbons (Fsp3) is 0.261. The number of nitrogens with zero attached hydrogens (tertiary/aromatic N) is 1. The fourth-order valence-electron chi connectivity index (χ4n) is 3.51. The number of hydrogen-bond acceptors (Lipinski definition) is 5. The third-order valence-corrected chi connectivity index (χ3v) is 5.08. The lowest BCUT2D eigenvalue weighted by Crippen LogP contribution is -2.38. The molecule has 5 nitrogen and oxygen atoms in total. The first-order valence-electron chi connectivity index (χ1n) is 9.65. The van der Waals surface area contributed by atoms with Crippen molar-refractivity contribution in [3.8, 4) is 11.5 Å². The van der Waals surface area contributed by atoms with Crippen LogP contribution < -0.4 is 10.1 Å². The molecule has 0 bridgehead atoms. The van der Waals surface area contributed by atoms with Gasteiger partial charge in [-0.1, -0.05) is 0 Å². The van der Waals surface area contributed by atoms with E-state index in [9.17, 15) is 9.50 Å². The van der Waals surface area contributed by atoms with Crippen LogP contribution in [0.3, 0.4) is 0 Å². The summed E-state index contributed by atoms with van der Waals surface area (Å²) in [6.45, 7) is 1.07. The van der Waals surface area contributed by atoms with Gasteiger partial charge >= 0.3 is 0 Å². The van der Waals surface area contributed by atoms with E-state index < -0.39 is 6.10 Å². The van der Waals surface area contributed by atoms with Gasteiger partial charge in [-0.3, -0.25) is 4.98 Å². The van der Waals surface area contributed by atoms with Crippen LogP contribution in [0.2, 0.25) is 0 Å². The summed E-state index contributed by atoms with van der Waals surface area (Å²) in [5.41, 5.74) is 1.94. The van der Waals surface area contributed by atoms with Gasteiger partial charge in [-0.2, -0.15) is 0 Å². The minimum absolute atomic E-state index is 0.0682. The second-order valence-electron chi connectivity index (χ2n) is 7.08. The Labute approximate surface area is 169 Å². The van der Waals surface area contributed by atoms with Gasteiger partial charge in [0, 0.05) is 30.6 Å². The molecule has 0 aliphatic carbocycles. The van der Waals surface area contributed by atoms with E-state index >= 15 is 0 Å². The highest BCUT2D eigenvalue weighted by molar-refractivity contribution is 5.49. The van der Waals surface area contributed by atoms with Crippen molar-refractivity contribution < 1.29 is 19.0 Å². The number of aliphatic hydroxyl groups is 1. The molecule has 0 unspecified atom stereocenters. The maximum absolute atomic E-state index is 13.0. The molecule has 2 aromatic carbocycles. The number of ether oxygens (including phenoxy) is 2. The van der Waals surface area contributed by atoms with Crippen LogP contribution >= 0.6 is 0 Å². The maximum atomic E-state index is 13.0. The first-order chi connectivity index (χ1) is 14.2. The molecule has 0 saturated carbocycles. The van der Waals surface area contributed by atoms with Gasteiger partial charge in [0.05, 0.1) is 18.8 Å². The molecular formula is C23H23FN2O3. The highest BCUT2D eigenvalue weighted by Crippen LogP contribution is 2.33. The molecule has 1 saturated heterocycles. The predicted octanol–water partition coefficient (Wildman–Crippen LogP) is 4.56. The zero-order valence-corrected chi connectivity index (χ0v) is 15.9. The van der Waals surface area contributed by atoms with Crippen LogP contribution in [0.1, 0.15) is 18.0 Å². The van der Waals surface area contributed by atoms with E-state index in [1.54, 1.807) is 24.5 Å². The fourth-order valence-corrected chi connectivity index (χ4v) is 3.51. The van der Waals surface area contributed by atoms with Crippen LogP contribution in [0.5, 0.6) is 11.5 Å². The lowest BCUT2D eigenvalue weighted by atomic mass is 9.86. The zero-order valence-electron chi connectivity index (χ0n) is 15.9. The molecule has 0 amide bonds. The summed E-state index contributed by atoms with van der Waals surface area (Å²) >= 11 is 0. The van der Waals surface area contributed by atoms with Crippen LogP contribution in [0, 0.1) is 11.7 Å². The van der Waals surface area contributed by atoms with Crippen molar-refractivity contribution in [1.82, 2.24) is 4.98 Å². The predicted molar refractivity (Wildman–Crippen MR) is 108 cm³/mol. The van der Waals surface area contributed by atoms with Crippen molar-refractivity contribution in [3.05, 3.63) is 84.4 Å². The molecule has 2 heterocycles. The second-order valence-corrected chi connectivity index (χ2v) is 7.08. The van der Waals surface area contributed by atoms with Crippen molar-refractivity contribution in [2.45, 2.75) is 18.6 Å². The van der Waals surface area contributed by atoms with Crippen molar-refractivity contribution >= 4 is 5.69 Å². The Morgan fingerprint density at radius 3 is 2.31 bits per heavy atom. The first-order valence-corrected chi connectivity index (χ1v) is 9.65. The number of hydrogen-bond donors (Lipinski definition) is 2. The average Bonchev–Trinajstić information content (AvgIpc) is 2.76. The molecule has 1 aliphatic rings. The second kappa shape index (κ2) is 9.03. The van der Waals surface area contributed by atoms with Gasteiger partial charge in [0.2, 0.25) is 0 Å². The van der Waals surface area contributed by atoms with Crippen molar-refractivity contribution in [1.29, 1.82) is 0 Å². The molecule has 2 N–H and O–H groups in total. The van der Waals surface area contributed by atoms with Gasteiger partial charge < -0.3 is 19.9 Å². The van der Waals surface area contributed by atoms with Gasteiger partial charge in [0.25, 0.3) is 0 Å². The lowest BCUT2D eigenvalue weighted by Gasteiger charge is -2.35. The van der Waals surface area contributed by atoms with Crippen molar-refractivity contribution in [2.75, 3.05) is 18.5 Å². The van der Waals surface area contributed by atoms with E-state index in [4.69, 9.17) is 9.47 Å². The van der Waals surface area contributed by atoms with Gasteiger partial charge in [0.15, 0.2) is 0 Å². The molecule has 150 valence electrons. The molecule has 29 heavy (non-hydrogen) atoms. The first kappa shape index (κ1) is 19.4. The summed E-state index contributed by atoms with van der Waals surface area (Å²) in [6.07, 6.45) is 3.69. The largest absolute Gasteiger partial charge is 0.457 e. The highest BCUT2D eigenvalue weighted by Gasteiger charge is 2.32. The minimum atomic E-state index is -0.435. The molecule has 0 spiro atoms. The monoisotopic (exact) mass is 394 g/mol. The summed E-state index contributed by atoms with van der Waals surface area (Å²) in [6, 6.07) is 17.2. The summed E-state index contributed by atoms with van der Waals surface area (Å²) in [5.74, 6) is 0.863. The Hall–Kier alpha value is -2.96. The number of aliphatic hydroxyl groups excluding tert-OH is 1. The van der Waals surface area contributed by atoms with Gasteiger partial charge in [-0.25, -0.2) is 4.39 Å². The van der Waals surface area contributed by atoms with Crippen LogP contribution in [0.25, 0.3) is 0 Å². The summed E-state index contributed by atoms with van der Waals surface area (Å²) in [4.78, 5) is 4.09. The number of aromatic nitrogens is 1. The van der Waals surface area contributed by atoms with Crippen molar-refractivity contribution in [2.24, 2.45) is 5.92 Å².